The molecule has 4 aliphatic rings. The molecule has 0 aromatic heterocycles. The quantitative estimate of drug-likeness (QED) is 0.253. The monoisotopic (exact) mass is 749 g/mol. The molecule has 6 rings (SSSR count). The van der Waals surface area contributed by atoms with Crippen molar-refractivity contribution in [3.05, 3.63) is 55.5 Å². The largest absolute Gasteiger partial charge is 0.481 e. The maximum Gasteiger partial charge on any atom is 0.329 e. The molecule has 2 saturated heterocycles. The highest BCUT2D eigenvalue weighted by Gasteiger charge is 2.55. The van der Waals surface area contributed by atoms with Crippen molar-refractivity contribution in [3.8, 4) is 0 Å². The fourth-order valence-electron chi connectivity index (χ4n) is 6.83. The summed E-state index contributed by atoms with van der Waals surface area (Å²) in [6, 6.07) is 7.52. The van der Waals surface area contributed by atoms with E-state index in [9.17, 15) is 14.4 Å². The summed E-state index contributed by atoms with van der Waals surface area (Å²) in [4.78, 5) is 49.3. The molecule has 2 aromatic carbocycles. The smallest absolute Gasteiger partial charge is 0.329 e. The van der Waals surface area contributed by atoms with Crippen LogP contribution in [0, 0.1) is 33.1 Å². The molecule has 2 aliphatic carbocycles. The molecular weight excluding hydrogens is 710 g/mol. The van der Waals surface area contributed by atoms with Crippen LogP contribution in [0.5, 0.6) is 0 Å². The van der Waals surface area contributed by atoms with E-state index < -0.39 is 17.0 Å². The number of rotatable bonds is 2. The number of amidine groups is 1. The molecule has 0 radical (unpaired) electrons. The third kappa shape index (κ3) is 6.80. The molecule has 0 unspecified atom stereocenters. The van der Waals surface area contributed by atoms with Gasteiger partial charge in [0.2, 0.25) is 0 Å². The Morgan fingerprint density at radius 3 is 1.42 bits per heavy atom. The van der Waals surface area contributed by atoms with Gasteiger partial charge >= 0.3 is 12.1 Å². The summed E-state index contributed by atoms with van der Waals surface area (Å²) in [6.45, 7) is 9.14. The number of carbonyl (C=O) groups is 4. The average molecular weight is 752 g/mol. The zero-order valence-electron chi connectivity index (χ0n) is 26.2. The minimum absolute atomic E-state index is 0. The number of hydrogen-bond donors (Lipinski definition) is 4. The summed E-state index contributed by atoms with van der Waals surface area (Å²) >= 11 is 7.10. The molecule has 6 N–H and O–H groups in total. The number of aryl methyl sites for hydroxylation is 4. The van der Waals surface area contributed by atoms with Crippen LogP contribution in [0.3, 0.4) is 0 Å². The summed E-state index contributed by atoms with van der Waals surface area (Å²) in [5.41, 5.74) is 4.96. The molecule has 2 aromatic rings. The Hall–Kier alpha value is -3.29. The number of imide groups is 1. The van der Waals surface area contributed by atoms with Gasteiger partial charge in [0.05, 0.1) is 0 Å². The highest BCUT2D eigenvalue weighted by Crippen LogP contribution is 2.44. The molecule has 2 saturated carbocycles. The van der Waals surface area contributed by atoms with E-state index in [2.05, 4.69) is 42.5 Å². The number of benzene rings is 2. The first-order valence-corrected chi connectivity index (χ1v) is 16.3. The van der Waals surface area contributed by atoms with Gasteiger partial charge in [0.25, 0.3) is 11.9 Å². The van der Waals surface area contributed by atoms with Gasteiger partial charge in [-0.1, -0.05) is 57.5 Å². The number of nitrogens with zero attached hydrogens (tertiary/aromatic N) is 2. The number of anilines is 2. The summed E-state index contributed by atoms with van der Waals surface area (Å²) in [5, 5.41) is 20.8. The van der Waals surface area contributed by atoms with Crippen LogP contribution in [-0.2, 0) is 9.59 Å². The van der Waals surface area contributed by atoms with E-state index in [0.717, 1.165) is 101 Å². The van der Waals surface area contributed by atoms with Crippen LogP contribution in [0.2, 0.25) is 0 Å². The Balaban J connectivity index is 0.000000215. The van der Waals surface area contributed by atoms with Crippen molar-refractivity contribution in [3.63, 3.8) is 0 Å². The van der Waals surface area contributed by atoms with Gasteiger partial charge in [-0.3, -0.25) is 35.4 Å². The summed E-state index contributed by atoms with van der Waals surface area (Å²) in [6.07, 6.45) is 7.37. The second-order valence-corrected chi connectivity index (χ2v) is 13.6. The van der Waals surface area contributed by atoms with Crippen molar-refractivity contribution in [1.82, 2.24) is 10.6 Å². The molecule has 2 aliphatic heterocycles. The SMILES string of the molecule is CC(=O)O.Cc1cc(N2C(=O)NC(=N)C23CCCC3)cc(C)c1Br.Cc1cc(N2C(=O)NC(=O)C23CCCC3)cc(C)c1Br.O. The first kappa shape index (κ1) is 36.2. The minimum Gasteiger partial charge on any atom is -0.481 e. The van der Waals surface area contributed by atoms with E-state index in [1.54, 1.807) is 9.80 Å². The number of aliphatic carboxylic acids is 1. The molecule has 13 heteroatoms. The minimum atomic E-state index is -0.833. The van der Waals surface area contributed by atoms with E-state index in [-0.39, 0.29) is 23.4 Å². The van der Waals surface area contributed by atoms with E-state index >= 15 is 0 Å². The lowest BCUT2D eigenvalue weighted by Crippen LogP contribution is -2.47. The van der Waals surface area contributed by atoms with Crippen molar-refractivity contribution in [2.45, 2.75) is 97.1 Å². The van der Waals surface area contributed by atoms with Crippen LogP contribution >= 0.6 is 31.9 Å². The Kier molecular flexibility index (Phi) is 11.3. The van der Waals surface area contributed by atoms with E-state index in [0.29, 0.717) is 5.84 Å². The number of halogens is 2. The van der Waals surface area contributed by atoms with Gasteiger partial charge in [-0.2, -0.15) is 0 Å². The normalized spacial score (nSPS) is 19.1. The number of carboxylic acids is 1. The van der Waals surface area contributed by atoms with Gasteiger partial charge < -0.3 is 10.6 Å². The Morgan fingerprint density at radius 1 is 0.733 bits per heavy atom. The van der Waals surface area contributed by atoms with Gasteiger partial charge in [-0.15, -0.1) is 0 Å². The molecule has 4 fully saturated rings. The number of nitrogens with one attached hydrogen (secondary N) is 3. The lowest BCUT2D eigenvalue weighted by atomic mass is 9.94. The van der Waals surface area contributed by atoms with E-state index in [1.165, 1.54) is 0 Å². The molecule has 45 heavy (non-hydrogen) atoms. The lowest BCUT2D eigenvalue weighted by molar-refractivity contribution is -0.134. The average Bonchev–Trinajstić information content (AvgIpc) is 3.71. The topological polar surface area (TPSA) is 174 Å². The molecule has 2 spiro atoms. The van der Waals surface area contributed by atoms with E-state index in [1.807, 2.05) is 52.0 Å². The fourth-order valence-corrected chi connectivity index (χ4v) is 7.29. The van der Waals surface area contributed by atoms with Gasteiger partial charge in [0.1, 0.15) is 16.9 Å². The van der Waals surface area contributed by atoms with Crippen molar-refractivity contribution in [2.24, 2.45) is 0 Å². The van der Waals surface area contributed by atoms with Crippen LogP contribution in [0.1, 0.15) is 80.5 Å². The number of amides is 5. The molecule has 2 heterocycles. The highest BCUT2D eigenvalue weighted by atomic mass is 79.9. The van der Waals surface area contributed by atoms with E-state index in [4.69, 9.17) is 15.3 Å². The standard InChI is InChI=1S/C15H18BrN3O.C15H17BrN2O2.C2H4O2.H2O/c1-9-7-11(8-10(2)12(9)16)19-14(20)18-13(17)15(19)5-3-4-6-15;1-9-7-11(8-10(2)12(9)16)18-14(20)17-13(19)15(18)5-3-4-6-15;1-2(3)4;/h7-8H,3-6H2,1-2H3,(H2,17,18,20);7-8H,3-6H2,1-2H3,(H,17,19,20);1H3,(H,3,4);1H2. The summed E-state index contributed by atoms with van der Waals surface area (Å²) in [5.74, 6) is -0.614. The predicted octanol–water partition coefficient (Wildman–Crippen LogP) is 6.59. The first-order chi connectivity index (χ1) is 20.6. The first-order valence-electron chi connectivity index (χ1n) is 14.7. The maximum absolute atomic E-state index is 12.3. The molecule has 5 amide bonds. The highest BCUT2D eigenvalue weighted by molar-refractivity contribution is 9.10. The van der Waals surface area contributed by atoms with Crippen molar-refractivity contribution < 1.29 is 29.8 Å². The number of carbonyl (C=O) groups excluding carboxylic acids is 3. The second kappa shape index (κ2) is 14.0. The van der Waals surface area contributed by atoms with Crippen LogP contribution < -0.4 is 20.4 Å². The summed E-state index contributed by atoms with van der Waals surface area (Å²) in [7, 11) is 0. The van der Waals surface area contributed by atoms with Crippen molar-refractivity contribution in [1.29, 1.82) is 5.41 Å². The second-order valence-electron chi connectivity index (χ2n) is 12.0. The van der Waals surface area contributed by atoms with Gasteiger partial charge in [0, 0.05) is 27.2 Å². The van der Waals surface area contributed by atoms with Gasteiger partial charge in [-0.05, 0) is 99.9 Å². The third-order valence-electron chi connectivity index (χ3n) is 8.82. The molecule has 244 valence electrons. The Bertz CT molecular complexity index is 1370. The summed E-state index contributed by atoms with van der Waals surface area (Å²) < 4.78 is 2.13. The van der Waals surface area contributed by atoms with Gasteiger partial charge in [-0.25, -0.2) is 9.59 Å². The van der Waals surface area contributed by atoms with Gasteiger partial charge in [0.15, 0.2) is 0 Å². The lowest BCUT2D eigenvalue weighted by Gasteiger charge is -2.33. The van der Waals surface area contributed by atoms with Crippen LogP contribution in [0.4, 0.5) is 21.0 Å². The molecular formula is C32H41Br2N5O6. The Morgan fingerprint density at radius 2 is 1.04 bits per heavy atom. The zero-order valence-corrected chi connectivity index (χ0v) is 29.4. The number of hydrogen-bond acceptors (Lipinski definition) is 5. The van der Waals surface area contributed by atoms with Crippen LogP contribution in [0.25, 0.3) is 0 Å². The Labute approximate surface area is 280 Å². The third-order valence-corrected chi connectivity index (χ3v) is 11.3. The number of carboxylic acid groups (broad SMARTS) is 1. The zero-order chi connectivity index (χ0) is 32.6. The molecule has 0 bridgehead atoms. The van der Waals surface area contributed by atoms with Crippen molar-refractivity contribution in [2.75, 3.05) is 9.80 Å². The fraction of sp³-hybridized carbons (Fsp3) is 0.469. The van der Waals surface area contributed by atoms with Crippen LogP contribution in [0.15, 0.2) is 33.2 Å². The predicted molar refractivity (Wildman–Crippen MR) is 181 cm³/mol. The van der Waals surface area contributed by atoms with Crippen molar-refractivity contribution >= 4 is 73.0 Å². The maximum atomic E-state index is 12.3. The molecule has 11 nitrogen and oxygen atoms in total. The number of urea groups is 2. The van der Waals surface area contributed by atoms with Crippen LogP contribution in [-0.4, -0.2) is 51.4 Å². The molecule has 0 atom stereocenters.